The Morgan fingerprint density at radius 1 is 1.50 bits per heavy atom. The zero-order valence-electron chi connectivity index (χ0n) is 9.13. The average molecular weight is 243 g/mol. The maximum Gasteiger partial charge on any atom is 0.129 e. The second-order valence-corrected chi connectivity index (χ2v) is 4.67. The van der Waals surface area contributed by atoms with E-state index in [2.05, 4.69) is 4.90 Å². The third kappa shape index (κ3) is 2.54. The Labute approximate surface area is 100 Å². The van der Waals surface area contributed by atoms with Crippen LogP contribution in [0.5, 0.6) is 0 Å². The van der Waals surface area contributed by atoms with Crippen molar-refractivity contribution in [3.05, 3.63) is 34.6 Å². The van der Waals surface area contributed by atoms with Crippen LogP contribution in [-0.2, 0) is 6.54 Å². The molecular weight excluding hydrogens is 227 g/mol. The Morgan fingerprint density at radius 2 is 2.31 bits per heavy atom. The molecule has 1 aromatic carbocycles. The van der Waals surface area contributed by atoms with E-state index in [9.17, 15) is 4.39 Å². The highest BCUT2D eigenvalue weighted by Crippen LogP contribution is 2.22. The number of hydrogen-bond donors (Lipinski definition) is 1. The molecule has 16 heavy (non-hydrogen) atoms. The molecule has 1 aliphatic rings. The van der Waals surface area contributed by atoms with Gasteiger partial charge in [0.15, 0.2) is 0 Å². The fourth-order valence-corrected chi connectivity index (χ4v) is 2.40. The van der Waals surface area contributed by atoms with Gasteiger partial charge in [-0.05, 0) is 31.5 Å². The summed E-state index contributed by atoms with van der Waals surface area (Å²) >= 11 is 5.72. The molecule has 1 saturated heterocycles. The van der Waals surface area contributed by atoms with Gasteiger partial charge in [0.2, 0.25) is 0 Å². The lowest BCUT2D eigenvalue weighted by molar-refractivity contribution is 0.247. The van der Waals surface area contributed by atoms with Gasteiger partial charge in [0.25, 0.3) is 0 Å². The minimum Gasteiger partial charge on any atom is -0.329 e. The van der Waals surface area contributed by atoms with E-state index in [0.717, 1.165) is 19.4 Å². The lowest BCUT2D eigenvalue weighted by Crippen LogP contribution is -2.35. The van der Waals surface area contributed by atoms with Crippen molar-refractivity contribution in [2.45, 2.75) is 25.4 Å². The van der Waals surface area contributed by atoms with Crippen molar-refractivity contribution in [2.24, 2.45) is 5.73 Å². The smallest absolute Gasteiger partial charge is 0.129 e. The van der Waals surface area contributed by atoms with Crippen LogP contribution in [0.25, 0.3) is 0 Å². The lowest BCUT2D eigenvalue weighted by atomic mass is 10.1. The van der Waals surface area contributed by atoms with Crippen LogP contribution < -0.4 is 5.73 Å². The number of nitrogens with two attached hydrogens (primary N) is 1. The van der Waals surface area contributed by atoms with E-state index < -0.39 is 0 Å². The first-order chi connectivity index (χ1) is 7.70. The van der Waals surface area contributed by atoms with Crippen molar-refractivity contribution >= 4 is 11.6 Å². The first kappa shape index (κ1) is 11.8. The van der Waals surface area contributed by atoms with Crippen LogP contribution in [0, 0.1) is 5.82 Å². The van der Waals surface area contributed by atoms with Crippen LogP contribution in [0.2, 0.25) is 5.02 Å². The zero-order chi connectivity index (χ0) is 11.5. The zero-order valence-corrected chi connectivity index (χ0v) is 9.88. The first-order valence-electron chi connectivity index (χ1n) is 5.58. The third-order valence-electron chi connectivity index (χ3n) is 3.16. The molecule has 2 N–H and O–H groups in total. The number of hydrogen-bond acceptors (Lipinski definition) is 2. The highest BCUT2D eigenvalue weighted by Gasteiger charge is 2.23. The van der Waals surface area contributed by atoms with Gasteiger partial charge in [-0.1, -0.05) is 17.7 Å². The standard InChI is InChI=1S/C12H16ClFN2/c13-10-4-3-9(12(14)6-10)8-16-5-1-2-11(16)7-15/h3-4,6,11H,1-2,5,7-8,15H2. The molecule has 1 aromatic rings. The van der Waals surface area contributed by atoms with E-state index in [1.807, 2.05) is 0 Å². The molecule has 1 aliphatic heterocycles. The molecule has 88 valence electrons. The molecule has 1 heterocycles. The van der Waals surface area contributed by atoms with E-state index in [1.165, 1.54) is 6.07 Å². The van der Waals surface area contributed by atoms with Crippen molar-refractivity contribution in [3.8, 4) is 0 Å². The second-order valence-electron chi connectivity index (χ2n) is 4.24. The Morgan fingerprint density at radius 3 is 3.00 bits per heavy atom. The Kier molecular flexibility index (Phi) is 3.79. The summed E-state index contributed by atoms with van der Waals surface area (Å²) in [5, 5.41) is 0.443. The first-order valence-corrected chi connectivity index (χ1v) is 5.96. The maximum absolute atomic E-state index is 13.6. The Balaban J connectivity index is 2.08. The monoisotopic (exact) mass is 242 g/mol. The number of halogens is 2. The molecule has 0 bridgehead atoms. The molecular formula is C12H16ClFN2. The van der Waals surface area contributed by atoms with Crippen molar-refractivity contribution in [2.75, 3.05) is 13.1 Å². The minimum atomic E-state index is -0.227. The van der Waals surface area contributed by atoms with Crippen LogP contribution in [-0.4, -0.2) is 24.0 Å². The highest BCUT2D eigenvalue weighted by molar-refractivity contribution is 6.30. The van der Waals surface area contributed by atoms with Gasteiger partial charge >= 0.3 is 0 Å². The van der Waals surface area contributed by atoms with Crippen LogP contribution in [0.1, 0.15) is 18.4 Å². The molecule has 0 amide bonds. The SMILES string of the molecule is NCC1CCCN1Cc1ccc(Cl)cc1F. The summed E-state index contributed by atoms with van der Waals surface area (Å²) in [6, 6.07) is 5.25. The van der Waals surface area contributed by atoms with Crippen molar-refractivity contribution in [1.29, 1.82) is 0 Å². The summed E-state index contributed by atoms with van der Waals surface area (Å²) in [6.07, 6.45) is 2.27. The van der Waals surface area contributed by atoms with Crippen molar-refractivity contribution in [1.82, 2.24) is 4.90 Å². The Hall–Kier alpha value is -0.640. The summed E-state index contributed by atoms with van der Waals surface area (Å²) in [6.45, 7) is 2.28. The predicted octanol–water partition coefficient (Wildman–Crippen LogP) is 2.40. The molecule has 0 aromatic heterocycles. The molecule has 0 saturated carbocycles. The van der Waals surface area contributed by atoms with Gasteiger partial charge in [-0.3, -0.25) is 4.90 Å². The number of rotatable bonds is 3. The van der Waals surface area contributed by atoms with Gasteiger partial charge in [0.1, 0.15) is 5.82 Å². The van der Waals surface area contributed by atoms with Crippen LogP contribution in [0.4, 0.5) is 4.39 Å². The summed E-state index contributed by atoms with van der Waals surface area (Å²) < 4.78 is 13.6. The summed E-state index contributed by atoms with van der Waals surface area (Å²) in [7, 11) is 0. The van der Waals surface area contributed by atoms with Gasteiger partial charge in [-0.15, -0.1) is 0 Å². The molecule has 0 spiro atoms. The van der Waals surface area contributed by atoms with Gasteiger partial charge in [-0.2, -0.15) is 0 Å². The Bertz CT molecular complexity index is 370. The number of benzene rings is 1. The van der Waals surface area contributed by atoms with E-state index >= 15 is 0 Å². The van der Waals surface area contributed by atoms with Gasteiger partial charge in [0.05, 0.1) is 0 Å². The molecule has 2 rings (SSSR count). The van der Waals surface area contributed by atoms with Crippen molar-refractivity contribution < 1.29 is 4.39 Å². The summed E-state index contributed by atoms with van der Waals surface area (Å²) in [5.74, 6) is -0.227. The van der Waals surface area contributed by atoms with E-state index in [-0.39, 0.29) is 5.82 Å². The topological polar surface area (TPSA) is 29.3 Å². The summed E-state index contributed by atoms with van der Waals surface area (Å²) in [5.41, 5.74) is 6.38. The molecule has 2 nitrogen and oxygen atoms in total. The van der Waals surface area contributed by atoms with Gasteiger partial charge in [-0.25, -0.2) is 4.39 Å². The minimum absolute atomic E-state index is 0.227. The predicted molar refractivity (Wildman–Crippen MR) is 63.9 cm³/mol. The average Bonchev–Trinajstić information content (AvgIpc) is 2.69. The normalized spacial score (nSPS) is 21.6. The second kappa shape index (κ2) is 5.13. The molecule has 4 heteroatoms. The van der Waals surface area contributed by atoms with Crippen LogP contribution in [0.15, 0.2) is 18.2 Å². The van der Waals surface area contributed by atoms with E-state index in [1.54, 1.807) is 12.1 Å². The fourth-order valence-electron chi connectivity index (χ4n) is 2.24. The number of likely N-dealkylation sites (tertiary alicyclic amines) is 1. The van der Waals surface area contributed by atoms with Crippen LogP contribution >= 0.6 is 11.6 Å². The molecule has 1 atom stereocenters. The molecule has 1 unspecified atom stereocenters. The summed E-state index contributed by atoms with van der Waals surface area (Å²) in [4.78, 5) is 2.24. The van der Waals surface area contributed by atoms with E-state index in [0.29, 0.717) is 29.7 Å². The number of nitrogens with zero attached hydrogens (tertiary/aromatic N) is 1. The van der Waals surface area contributed by atoms with Crippen molar-refractivity contribution in [3.63, 3.8) is 0 Å². The fraction of sp³-hybridized carbons (Fsp3) is 0.500. The lowest BCUT2D eigenvalue weighted by Gasteiger charge is -2.23. The largest absolute Gasteiger partial charge is 0.329 e. The van der Waals surface area contributed by atoms with Crippen LogP contribution in [0.3, 0.4) is 0 Å². The molecule has 0 radical (unpaired) electrons. The third-order valence-corrected chi connectivity index (χ3v) is 3.39. The van der Waals surface area contributed by atoms with Gasteiger partial charge < -0.3 is 5.73 Å². The molecule has 1 fully saturated rings. The maximum atomic E-state index is 13.6. The van der Waals surface area contributed by atoms with E-state index in [4.69, 9.17) is 17.3 Å². The molecule has 0 aliphatic carbocycles. The quantitative estimate of drug-likeness (QED) is 0.882. The highest BCUT2D eigenvalue weighted by atomic mass is 35.5. The van der Waals surface area contributed by atoms with Gasteiger partial charge in [0, 0.05) is 29.7 Å².